The maximum absolute atomic E-state index is 12.0. The average Bonchev–Trinajstić information content (AvgIpc) is 2.47. The van der Waals surface area contributed by atoms with Crippen molar-refractivity contribution in [2.75, 3.05) is 11.9 Å². The SMILES string of the molecule is NCC(N)c1ccc(C(=O)Nc2ccncc2)cc1. The van der Waals surface area contributed by atoms with E-state index in [9.17, 15) is 4.79 Å². The van der Waals surface area contributed by atoms with Gasteiger partial charge in [-0.15, -0.1) is 0 Å². The van der Waals surface area contributed by atoms with Gasteiger partial charge in [0.25, 0.3) is 5.91 Å². The van der Waals surface area contributed by atoms with Crippen LogP contribution in [-0.4, -0.2) is 17.4 Å². The summed E-state index contributed by atoms with van der Waals surface area (Å²) in [7, 11) is 0. The Balaban J connectivity index is 2.08. The molecule has 0 aliphatic carbocycles. The van der Waals surface area contributed by atoms with Crippen LogP contribution in [0, 0.1) is 0 Å². The molecule has 0 spiro atoms. The molecule has 5 heteroatoms. The van der Waals surface area contributed by atoms with Crippen molar-refractivity contribution in [3.63, 3.8) is 0 Å². The third-order valence-corrected chi connectivity index (χ3v) is 2.79. The molecule has 2 rings (SSSR count). The lowest BCUT2D eigenvalue weighted by Gasteiger charge is -2.10. The molecule has 5 nitrogen and oxygen atoms in total. The fourth-order valence-electron chi connectivity index (χ4n) is 1.66. The van der Waals surface area contributed by atoms with Gasteiger partial charge in [-0.3, -0.25) is 9.78 Å². The van der Waals surface area contributed by atoms with Crippen LogP contribution < -0.4 is 16.8 Å². The van der Waals surface area contributed by atoms with Crippen molar-refractivity contribution in [2.24, 2.45) is 11.5 Å². The number of hydrogen-bond donors (Lipinski definition) is 3. The number of nitrogens with zero attached hydrogens (tertiary/aromatic N) is 1. The van der Waals surface area contributed by atoms with Gasteiger partial charge >= 0.3 is 0 Å². The lowest BCUT2D eigenvalue weighted by Crippen LogP contribution is -2.20. The van der Waals surface area contributed by atoms with Gasteiger partial charge in [0.2, 0.25) is 0 Å². The van der Waals surface area contributed by atoms with E-state index >= 15 is 0 Å². The van der Waals surface area contributed by atoms with Crippen LogP contribution in [0.5, 0.6) is 0 Å². The molecule has 98 valence electrons. The number of nitrogens with two attached hydrogens (primary N) is 2. The molecule has 1 heterocycles. The first kappa shape index (κ1) is 13.2. The highest BCUT2D eigenvalue weighted by molar-refractivity contribution is 6.04. The summed E-state index contributed by atoms with van der Waals surface area (Å²) in [5.41, 5.74) is 13.5. The maximum atomic E-state index is 12.0. The molecule has 0 saturated heterocycles. The fourth-order valence-corrected chi connectivity index (χ4v) is 1.66. The summed E-state index contributed by atoms with van der Waals surface area (Å²) in [5, 5.41) is 2.79. The highest BCUT2D eigenvalue weighted by atomic mass is 16.1. The van der Waals surface area contributed by atoms with Crippen molar-refractivity contribution in [2.45, 2.75) is 6.04 Å². The van der Waals surface area contributed by atoms with Crippen LogP contribution in [0.15, 0.2) is 48.8 Å². The predicted octanol–water partition coefficient (Wildman–Crippen LogP) is 1.29. The molecule has 1 aromatic carbocycles. The number of carbonyl (C=O) groups excluding carboxylic acids is 1. The normalized spacial score (nSPS) is 11.9. The number of pyridine rings is 1. The first-order valence-electron chi connectivity index (χ1n) is 5.97. The highest BCUT2D eigenvalue weighted by Crippen LogP contribution is 2.12. The number of amides is 1. The van der Waals surface area contributed by atoms with Gasteiger partial charge in [-0.1, -0.05) is 12.1 Å². The zero-order valence-corrected chi connectivity index (χ0v) is 10.4. The molecular weight excluding hydrogens is 240 g/mol. The molecule has 19 heavy (non-hydrogen) atoms. The van der Waals surface area contributed by atoms with E-state index in [1.54, 1.807) is 36.7 Å². The van der Waals surface area contributed by atoms with Crippen molar-refractivity contribution in [1.29, 1.82) is 0 Å². The second kappa shape index (κ2) is 6.08. The molecule has 0 aliphatic rings. The molecule has 0 fully saturated rings. The predicted molar refractivity (Wildman–Crippen MR) is 74.6 cm³/mol. The minimum Gasteiger partial charge on any atom is -0.329 e. The van der Waals surface area contributed by atoms with Crippen molar-refractivity contribution in [1.82, 2.24) is 4.98 Å². The smallest absolute Gasteiger partial charge is 0.255 e. The summed E-state index contributed by atoms with van der Waals surface area (Å²) in [6, 6.07) is 10.4. The minimum absolute atomic E-state index is 0.168. The Kier molecular flexibility index (Phi) is 4.22. The summed E-state index contributed by atoms with van der Waals surface area (Å²) < 4.78 is 0. The number of aromatic nitrogens is 1. The topological polar surface area (TPSA) is 94.0 Å². The van der Waals surface area contributed by atoms with Crippen LogP contribution in [0.3, 0.4) is 0 Å². The van der Waals surface area contributed by atoms with Crippen molar-refractivity contribution < 1.29 is 4.79 Å². The first-order chi connectivity index (χ1) is 9.20. The third-order valence-electron chi connectivity index (χ3n) is 2.79. The van der Waals surface area contributed by atoms with Crippen molar-refractivity contribution >= 4 is 11.6 Å². The molecule has 5 N–H and O–H groups in total. The Morgan fingerprint density at radius 1 is 1.16 bits per heavy atom. The Hall–Kier alpha value is -2.24. The summed E-state index contributed by atoms with van der Waals surface area (Å²) in [6.45, 7) is 0.378. The molecule has 0 aliphatic heterocycles. The Labute approximate surface area is 111 Å². The number of anilines is 1. The molecule has 2 aromatic rings. The Bertz CT molecular complexity index is 539. The van der Waals surface area contributed by atoms with Gasteiger partial charge in [0.05, 0.1) is 0 Å². The number of hydrogen-bond acceptors (Lipinski definition) is 4. The van der Waals surface area contributed by atoms with Crippen LogP contribution in [0.4, 0.5) is 5.69 Å². The summed E-state index contributed by atoms with van der Waals surface area (Å²) in [6.07, 6.45) is 3.25. The highest BCUT2D eigenvalue weighted by Gasteiger charge is 2.08. The largest absolute Gasteiger partial charge is 0.329 e. The van der Waals surface area contributed by atoms with Crippen molar-refractivity contribution in [3.05, 3.63) is 59.9 Å². The van der Waals surface area contributed by atoms with Gasteiger partial charge in [0.1, 0.15) is 0 Å². The zero-order chi connectivity index (χ0) is 13.7. The second-order valence-electron chi connectivity index (χ2n) is 4.15. The van der Waals surface area contributed by atoms with Gasteiger partial charge in [-0.05, 0) is 29.8 Å². The summed E-state index contributed by atoms with van der Waals surface area (Å²) >= 11 is 0. The van der Waals surface area contributed by atoms with E-state index in [-0.39, 0.29) is 11.9 Å². The van der Waals surface area contributed by atoms with Crippen LogP contribution in [0.1, 0.15) is 22.0 Å². The van der Waals surface area contributed by atoms with Gasteiger partial charge < -0.3 is 16.8 Å². The summed E-state index contributed by atoms with van der Waals surface area (Å²) in [4.78, 5) is 15.9. The number of rotatable bonds is 4. The fraction of sp³-hybridized carbons (Fsp3) is 0.143. The van der Waals surface area contributed by atoms with E-state index in [0.717, 1.165) is 5.56 Å². The maximum Gasteiger partial charge on any atom is 0.255 e. The molecule has 0 saturated carbocycles. The molecule has 1 aromatic heterocycles. The van der Waals surface area contributed by atoms with E-state index in [0.29, 0.717) is 17.8 Å². The lowest BCUT2D eigenvalue weighted by molar-refractivity contribution is 0.102. The third kappa shape index (κ3) is 3.37. The van der Waals surface area contributed by atoms with Gasteiger partial charge in [0.15, 0.2) is 0 Å². The van der Waals surface area contributed by atoms with Crippen LogP contribution in [0.2, 0.25) is 0 Å². The standard InChI is InChI=1S/C14H16N4O/c15-9-13(16)10-1-3-11(4-2-10)14(19)18-12-5-7-17-8-6-12/h1-8,13H,9,15-16H2,(H,17,18,19). The van der Waals surface area contributed by atoms with Crippen LogP contribution in [-0.2, 0) is 0 Å². The van der Waals surface area contributed by atoms with Crippen molar-refractivity contribution in [3.8, 4) is 0 Å². The van der Waals surface area contributed by atoms with Gasteiger partial charge in [-0.2, -0.15) is 0 Å². The van der Waals surface area contributed by atoms with E-state index in [1.807, 2.05) is 12.1 Å². The molecule has 1 amide bonds. The minimum atomic E-state index is -0.197. The number of carbonyl (C=O) groups is 1. The molecular formula is C14H16N4O. The van der Waals surface area contributed by atoms with E-state index < -0.39 is 0 Å². The van der Waals surface area contributed by atoms with Crippen LogP contribution in [0.25, 0.3) is 0 Å². The van der Waals surface area contributed by atoms with E-state index in [2.05, 4.69) is 10.3 Å². The molecule has 0 radical (unpaired) electrons. The van der Waals surface area contributed by atoms with Gasteiger partial charge in [0, 0.05) is 36.2 Å². The second-order valence-corrected chi connectivity index (χ2v) is 4.15. The monoisotopic (exact) mass is 256 g/mol. The quantitative estimate of drug-likeness (QED) is 0.768. The molecule has 1 unspecified atom stereocenters. The number of benzene rings is 1. The van der Waals surface area contributed by atoms with Gasteiger partial charge in [-0.25, -0.2) is 0 Å². The van der Waals surface area contributed by atoms with E-state index in [1.165, 1.54) is 0 Å². The average molecular weight is 256 g/mol. The summed E-state index contributed by atoms with van der Waals surface area (Å²) in [5.74, 6) is -0.168. The van der Waals surface area contributed by atoms with Crippen LogP contribution >= 0.6 is 0 Å². The molecule has 0 bridgehead atoms. The lowest BCUT2D eigenvalue weighted by atomic mass is 10.1. The Morgan fingerprint density at radius 2 is 1.79 bits per heavy atom. The van der Waals surface area contributed by atoms with E-state index in [4.69, 9.17) is 11.5 Å². The first-order valence-corrected chi connectivity index (χ1v) is 5.97. The molecule has 1 atom stereocenters. The Morgan fingerprint density at radius 3 is 2.37 bits per heavy atom. The zero-order valence-electron chi connectivity index (χ0n) is 10.4. The number of nitrogens with one attached hydrogen (secondary N) is 1.